The maximum absolute atomic E-state index is 13.1. The molecule has 0 saturated carbocycles. The van der Waals surface area contributed by atoms with E-state index >= 15 is 0 Å². The van der Waals surface area contributed by atoms with Crippen molar-refractivity contribution in [3.8, 4) is 15.0 Å². The quantitative estimate of drug-likeness (QED) is 0.0724. The van der Waals surface area contributed by atoms with E-state index < -0.39 is 18.1 Å². The van der Waals surface area contributed by atoms with Crippen LogP contribution < -0.4 is 16.0 Å². The number of ether oxygens (including phenoxy) is 1. The molecule has 3 aromatic carbocycles. The van der Waals surface area contributed by atoms with E-state index in [1.54, 1.807) is 34.0 Å². The fraction of sp³-hybridized carbons (Fsp3) is 0.408. The van der Waals surface area contributed by atoms with Crippen molar-refractivity contribution in [1.29, 1.82) is 0 Å². The highest BCUT2D eigenvalue weighted by Gasteiger charge is 2.37. The summed E-state index contributed by atoms with van der Waals surface area (Å²) in [6, 6.07) is 21.8. The number of likely N-dealkylation sites (N-methyl/N-ethyl adjacent to an activating group) is 1. The Balaban J connectivity index is 0.000000140. The van der Waals surface area contributed by atoms with Gasteiger partial charge in [0.15, 0.2) is 17.5 Å². The number of nitrogens with one attached hydrogen (secondary N) is 3. The SMILES string of the molecule is Cc1sc2c(c1C)C(c1ccc(Cl)cc1)=NC(CC(=O)NCCC1=CN=CC1)c1nnc(C)n1-2.Cc1sc2c(c1C)C(c1ccc(Cl)cc1)=NC(CC(=O)NCCN1CCN(C)CC1)c1nnc(C)n1-2.Cc1sc2c(c1C)C(c1ccc(Cl)cc1)=NC(CC(=O)NCCN1CCOCC1)c1nnc(C)n1-2. The molecule has 3 unspecified atom stereocenters. The van der Waals surface area contributed by atoms with E-state index in [-0.39, 0.29) is 37.0 Å². The molecule has 0 spiro atoms. The van der Waals surface area contributed by atoms with Crippen LogP contribution in [0.4, 0.5) is 0 Å². The normalized spacial score (nSPS) is 17.6. The Morgan fingerprint density at radius 2 is 0.810 bits per heavy atom. The summed E-state index contributed by atoms with van der Waals surface area (Å²) < 4.78 is 11.6. The molecule has 105 heavy (non-hydrogen) atoms. The van der Waals surface area contributed by atoms with E-state index in [0.29, 0.717) is 52.2 Å². The fourth-order valence-corrected chi connectivity index (χ4v) is 17.7. The van der Waals surface area contributed by atoms with Crippen molar-refractivity contribution < 1.29 is 19.1 Å². The van der Waals surface area contributed by atoms with Crippen molar-refractivity contribution in [3.63, 3.8) is 0 Å². The van der Waals surface area contributed by atoms with Crippen molar-refractivity contribution in [2.45, 2.75) is 113 Å². The average molecular weight is 1530 g/mol. The number of carbonyl (C=O) groups is 3. The minimum absolute atomic E-state index is 0.0290. The molecule has 3 atom stereocenters. The molecule has 548 valence electrons. The van der Waals surface area contributed by atoms with Gasteiger partial charge in [0, 0.05) is 154 Å². The van der Waals surface area contributed by atoms with Gasteiger partial charge < -0.3 is 25.6 Å². The first kappa shape index (κ1) is 75.0. The van der Waals surface area contributed by atoms with Gasteiger partial charge in [-0.2, -0.15) is 0 Å². The number of amides is 3. The van der Waals surface area contributed by atoms with E-state index in [0.717, 1.165) is 161 Å². The Bertz CT molecular complexity index is 4850. The lowest BCUT2D eigenvalue weighted by molar-refractivity contribution is -0.122. The van der Waals surface area contributed by atoms with E-state index in [1.807, 2.05) is 106 Å². The topological polar surface area (TPSA) is 248 Å². The Morgan fingerprint density at radius 3 is 1.15 bits per heavy atom. The summed E-state index contributed by atoms with van der Waals surface area (Å²) in [4.78, 5) is 69.3. The molecule has 29 heteroatoms. The van der Waals surface area contributed by atoms with Crippen molar-refractivity contribution >= 4 is 110 Å². The minimum atomic E-state index is -0.458. The number of rotatable bonds is 18. The number of fused-ring (bicyclic) bond motifs is 9. The Kier molecular flexibility index (Phi) is 23.7. The first-order valence-corrected chi connectivity index (χ1v) is 39.0. The number of carbonyl (C=O) groups excluding carboxylic acids is 3. The molecular formula is C76H86Cl3N19O4S3. The number of hydrogen-bond acceptors (Lipinski definition) is 20. The third-order valence-corrected chi connectivity index (χ3v) is 24.2. The number of piperazine rings is 1. The molecule has 0 bridgehead atoms. The van der Waals surface area contributed by atoms with Gasteiger partial charge in [-0.3, -0.25) is 57.9 Å². The monoisotopic (exact) mass is 1530 g/mol. The molecule has 3 amide bonds. The third-order valence-electron chi connectivity index (χ3n) is 19.9. The van der Waals surface area contributed by atoms with Gasteiger partial charge in [0.2, 0.25) is 17.7 Å². The molecule has 9 aromatic rings. The summed E-state index contributed by atoms with van der Waals surface area (Å²) in [6.45, 7) is 29.5. The number of benzene rings is 3. The summed E-state index contributed by atoms with van der Waals surface area (Å²) >= 11 is 23.6. The second-order valence-electron chi connectivity index (χ2n) is 27.0. The van der Waals surface area contributed by atoms with E-state index in [4.69, 9.17) is 54.5 Å². The van der Waals surface area contributed by atoms with E-state index in [1.165, 1.54) is 36.9 Å². The summed E-state index contributed by atoms with van der Waals surface area (Å²) in [6.07, 6.45) is 6.01. The molecular weight excluding hydrogens is 1450 g/mol. The first-order chi connectivity index (χ1) is 50.7. The summed E-state index contributed by atoms with van der Waals surface area (Å²) in [5.41, 5.74) is 13.4. The zero-order valence-corrected chi connectivity index (χ0v) is 65.4. The van der Waals surface area contributed by atoms with Crippen LogP contribution in [0.25, 0.3) is 15.0 Å². The predicted molar refractivity (Wildman–Crippen MR) is 420 cm³/mol. The number of morpholine rings is 1. The molecule has 2 fully saturated rings. The Hall–Kier alpha value is -8.28. The maximum atomic E-state index is 13.1. The smallest absolute Gasteiger partial charge is 0.222 e. The number of thiophene rings is 3. The van der Waals surface area contributed by atoms with Gasteiger partial charge in [0.25, 0.3) is 0 Å². The Labute approximate surface area is 638 Å². The number of aliphatic imine (C=N–C) groups is 4. The molecule has 6 aromatic heterocycles. The van der Waals surface area contributed by atoms with Crippen LogP contribution in [0.2, 0.25) is 15.1 Å². The largest absolute Gasteiger partial charge is 0.379 e. The van der Waals surface area contributed by atoms with Crippen LogP contribution in [0.1, 0.15) is 150 Å². The highest BCUT2D eigenvalue weighted by Crippen LogP contribution is 2.43. The second-order valence-corrected chi connectivity index (χ2v) is 32.0. The average Bonchev–Trinajstić information content (AvgIpc) is 1.61. The molecule has 12 heterocycles. The predicted octanol–water partition coefficient (Wildman–Crippen LogP) is 12.2. The standard InChI is InChI=1S/C26H32ClN7OS.C25H29ClN6O2S.C25H25ClN6OS/c1-16-17(2)36-26-23(16)24(19-5-7-20(27)8-6-19)29-21(25-31-30-18(3)34(25)26)15-22(35)28-9-10-33-13-11-32(4)12-14-33;1-15-16(2)35-25-22(15)23(18-4-6-19(26)7-5-18)28-20(24-30-29-17(3)32(24)25)14-21(33)27-8-9-31-10-12-34-13-11-31;1-14-15(2)34-25-22(14)23(18-4-6-19(26)7-5-18)29-20(24-31-30-16(3)32(24)25)12-21(33)28-11-9-17-8-10-27-13-17/h5-8,21H,9-15H2,1-4H3,(H,28,35);4-7,20H,8-14H2,1-3H3,(H,27,33);4-7,10,13,20H,8-9,11-12H2,1-3H3,(H,28,33). The van der Waals surface area contributed by atoms with Crippen LogP contribution in [0.3, 0.4) is 0 Å². The van der Waals surface area contributed by atoms with Gasteiger partial charge in [-0.15, -0.1) is 64.6 Å². The third kappa shape index (κ3) is 16.8. The molecule has 23 nitrogen and oxygen atoms in total. The van der Waals surface area contributed by atoms with Crippen LogP contribution >= 0.6 is 68.8 Å². The van der Waals surface area contributed by atoms with Crippen LogP contribution in [0, 0.1) is 62.3 Å². The summed E-state index contributed by atoms with van der Waals surface area (Å²) in [7, 11) is 2.15. The first-order valence-electron chi connectivity index (χ1n) is 35.5. The van der Waals surface area contributed by atoms with Crippen LogP contribution in [0.5, 0.6) is 0 Å². The highest BCUT2D eigenvalue weighted by molar-refractivity contribution is 7.15. The molecule has 2 saturated heterocycles. The minimum Gasteiger partial charge on any atom is -0.379 e. The molecule has 0 radical (unpaired) electrons. The van der Waals surface area contributed by atoms with Crippen LogP contribution in [0.15, 0.2) is 105 Å². The van der Waals surface area contributed by atoms with Crippen molar-refractivity contribution in [2.24, 2.45) is 20.0 Å². The van der Waals surface area contributed by atoms with Gasteiger partial charge in [-0.1, -0.05) is 71.2 Å². The maximum Gasteiger partial charge on any atom is 0.222 e. The van der Waals surface area contributed by atoms with Gasteiger partial charge >= 0.3 is 0 Å². The number of aromatic nitrogens is 9. The molecule has 3 N–H and O–H groups in total. The van der Waals surface area contributed by atoms with E-state index in [9.17, 15) is 14.4 Å². The lowest BCUT2D eigenvalue weighted by Crippen LogP contribution is -2.47. The number of halogens is 3. The number of hydrogen-bond donors (Lipinski definition) is 3. The molecule has 6 aliphatic heterocycles. The fourth-order valence-electron chi connectivity index (χ4n) is 13.7. The van der Waals surface area contributed by atoms with Crippen molar-refractivity contribution in [2.75, 3.05) is 92.3 Å². The molecule has 6 aliphatic rings. The zero-order valence-electron chi connectivity index (χ0n) is 60.7. The number of nitrogens with zero attached hydrogens (tertiary/aromatic N) is 16. The van der Waals surface area contributed by atoms with Gasteiger partial charge in [0.1, 0.15) is 50.6 Å². The zero-order chi connectivity index (χ0) is 73.7. The molecule has 0 aliphatic carbocycles. The lowest BCUT2D eigenvalue weighted by atomic mass is 9.99. The number of aryl methyl sites for hydroxylation is 6. The lowest BCUT2D eigenvalue weighted by Gasteiger charge is -2.32. The van der Waals surface area contributed by atoms with Gasteiger partial charge in [-0.05, 0) is 134 Å². The second kappa shape index (κ2) is 33.2. The van der Waals surface area contributed by atoms with E-state index in [2.05, 4.69) is 129 Å². The van der Waals surface area contributed by atoms with Crippen LogP contribution in [-0.4, -0.2) is 192 Å². The van der Waals surface area contributed by atoms with Gasteiger partial charge in [-0.25, -0.2) is 0 Å². The summed E-state index contributed by atoms with van der Waals surface area (Å²) in [5.74, 6) is 4.30. The summed E-state index contributed by atoms with van der Waals surface area (Å²) in [5, 5.41) is 40.8. The highest BCUT2D eigenvalue weighted by atomic mass is 35.5. The van der Waals surface area contributed by atoms with Crippen molar-refractivity contribution in [3.05, 3.63) is 199 Å². The van der Waals surface area contributed by atoms with Crippen LogP contribution in [-0.2, 0) is 19.1 Å². The molecule has 15 rings (SSSR count). The van der Waals surface area contributed by atoms with Gasteiger partial charge in [0.05, 0.1) is 49.6 Å². The Morgan fingerprint density at radius 1 is 0.467 bits per heavy atom. The van der Waals surface area contributed by atoms with Crippen molar-refractivity contribution in [1.82, 2.24) is 74.9 Å².